The molecule has 2 aromatic carbocycles. The first kappa shape index (κ1) is 29.2. The van der Waals surface area contributed by atoms with Gasteiger partial charge in [-0.05, 0) is 48.1 Å². The quantitative estimate of drug-likeness (QED) is 0.310. The molecule has 0 saturated carbocycles. The van der Waals surface area contributed by atoms with Gasteiger partial charge >= 0.3 is 0 Å². The van der Waals surface area contributed by atoms with Crippen LogP contribution in [0.25, 0.3) is 5.69 Å². The fourth-order valence-corrected chi connectivity index (χ4v) is 4.28. The molecule has 204 valence electrons. The number of amides is 2. The number of para-hydroxylation sites is 1. The molecule has 6 nitrogen and oxygen atoms in total. The fourth-order valence-electron chi connectivity index (χ4n) is 4.28. The molecule has 2 amide bonds. The zero-order valence-electron chi connectivity index (χ0n) is 24.4. The van der Waals surface area contributed by atoms with Crippen LogP contribution in [0.3, 0.4) is 0 Å². The number of benzene rings is 2. The van der Waals surface area contributed by atoms with E-state index in [0.717, 1.165) is 36.2 Å². The Hall–Kier alpha value is -3.41. The van der Waals surface area contributed by atoms with Gasteiger partial charge in [-0.2, -0.15) is 5.10 Å². The summed E-state index contributed by atoms with van der Waals surface area (Å²) in [5, 5.41) is 7.89. The van der Waals surface area contributed by atoms with Crippen molar-refractivity contribution in [1.29, 1.82) is 0 Å². The number of aromatic nitrogens is 2. The van der Waals surface area contributed by atoms with E-state index in [2.05, 4.69) is 53.8 Å². The second-order valence-electron chi connectivity index (χ2n) is 12.2. The van der Waals surface area contributed by atoms with Gasteiger partial charge in [-0.3, -0.25) is 9.59 Å². The molecule has 38 heavy (non-hydrogen) atoms. The van der Waals surface area contributed by atoms with E-state index in [1.165, 1.54) is 5.56 Å². The number of unbranched alkanes of at least 4 members (excludes halogenated alkanes) is 2. The number of nitrogens with zero attached hydrogens (tertiary/aromatic N) is 3. The average molecular weight is 517 g/mol. The molecule has 0 aliphatic carbocycles. The maximum Gasteiger partial charge on any atom is 0.254 e. The van der Waals surface area contributed by atoms with Crippen molar-refractivity contribution in [1.82, 2.24) is 14.7 Å². The highest BCUT2D eigenvalue weighted by Gasteiger charge is 2.24. The number of hydrogen-bond donors (Lipinski definition) is 1. The van der Waals surface area contributed by atoms with Gasteiger partial charge in [-0.1, -0.05) is 91.6 Å². The summed E-state index contributed by atoms with van der Waals surface area (Å²) in [6, 6.07) is 17.7. The number of aryl methyl sites for hydroxylation is 1. The van der Waals surface area contributed by atoms with Crippen molar-refractivity contribution in [3.63, 3.8) is 0 Å². The average Bonchev–Trinajstić information content (AvgIpc) is 3.27. The molecule has 3 aromatic rings. The molecule has 0 saturated heterocycles. The van der Waals surface area contributed by atoms with Gasteiger partial charge in [0.05, 0.1) is 11.4 Å². The van der Waals surface area contributed by atoms with Crippen molar-refractivity contribution < 1.29 is 9.59 Å². The van der Waals surface area contributed by atoms with Gasteiger partial charge in [-0.15, -0.1) is 0 Å². The van der Waals surface area contributed by atoms with Gasteiger partial charge in [0.25, 0.3) is 5.91 Å². The minimum absolute atomic E-state index is 0.00818. The number of carbonyl (C=O) groups excluding carboxylic acids is 2. The van der Waals surface area contributed by atoms with Gasteiger partial charge < -0.3 is 10.2 Å². The lowest BCUT2D eigenvalue weighted by molar-refractivity contribution is -0.117. The van der Waals surface area contributed by atoms with E-state index in [1.807, 2.05) is 61.5 Å². The van der Waals surface area contributed by atoms with Crippen LogP contribution in [0.15, 0.2) is 54.6 Å². The van der Waals surface area contributed by atoms with Gasteiger partial charge in [0.2, 0.25) is 5.91 Å². The Balaban J connectivity index is 1.86. The molecule has 1 heterocycles. The van der Waals surface area contributed by atoms with Crippen LogP contribution in [0.1, 0.15) is 94.9 Å². The van der Waals surface area contributed by atoms with E-state index in [4.69, 9.17) is 5.10 Å². The first-order chi connectivity index (χ1) is 17.8. The second kappa shape index (κ2) is 12.0. The molecule has 0 aliphatic heterocycles. The molecule has 0 aliphatic rings. The van der Waals surface area contributed by atoms with Gasteiger partial charge in [0, 0.05) is 23.6 Å². The Labute approximate surface area is 228 Å². The first-order valence-corrected chi connectivity index (χ1v) is 13.7. The standard InChI is InChI=1S/C32H44N4O2/c1-9-10-13-20-35(30(38)24-16-18-25(19-17-24)31(3,4)5)22-29(37)33-28-21-27(32(6,7)8)34-36(28)26-15-12-11-14-23(26)2/h11-12,14-19,21H,9-10,13,20,22H2,1-8H3,(H,33,37). The van der Waals surface area contributed by atoms with Crippen LogP contribution in [0.2, 0.25) is 0 Å². The number of rotatable bonds is 9. The van der Waals surface area contributed by atoms with Crippen molar-refractivity contribution in [2.45, 2.75) is 85.5 Å². The zero-order chi connectivity index (χ0) is 28.1. The van der Waals surface area contributed by atoms with Crippen LogP contribution < -0.4 is 5.32 Å². The summed E-state index contributed by atoms with van der Waals surface area (Å²) in [6.45, 7) is 17.4. The minimum atomic E-state index is -0.239. The van der Waals surface area contributed by atoms with Gasteiger partial charge in [0.1, 0.15) is 12.4 Å². The lowest BCUT2D eigenvalue weighted by Gasteiger charge is -2.23. The molecular weight excluding hydrogens is 472 g/mol. The fraction of sp³-hybridized carbons (Fsp3) is 0.469. The maximum absolute atomic E-state index is 13.5. The zero-order valence-corrected chi connectivity index (χ0v) is 24.4. The molecule has 1 aromatic heterocycles. The van der Waals surface area contributed by atoms with E-state index >= 15 is 0 Å². The highest BCUT2D eigenvalue weighted by Crippen LogP contribution is 2.27. The van der Waals surface area contributed by atoms with Crippen LogP contribution in [0.5, 0.6) is 0 Å². The Morgan fingerprint density at radius 2 is 1.58 bits per heavy atom. The van der Waals surface area contributed by atoms with Crippen LogP contribution >= 0.6 is 0 Å². The Bertz CT molecular complexity index is 1240. The molecule has 6 heteroatoms. The summed E-state index contributed by atoms with van der Waals surface area (Å²) in [5.41, 5.74) is 4.44. The summed E-state index contributed by atoms with van der Waals surface area (Å²) >= 11 is 0. The van der Waals surface area contributed by atoms with E-state index in [0.29, 0.717) is 17.9 Å². The maximum atomic E-state index is 13.5. The van der Waals surface area contributed by atoms with Crippen molar-refractivity contribution >= 4 is 17.6 Å². The molecule has 0 fully saturated rings. The highest BCUT2D eigenvalue weighted by molar-refractivity contribution is 5.99. The molecule has 0 unspecified atom stereocenters. The van der Waals surface area contributed by atoms with Crippen molar-refractivity contribution in [2.75, 3.05) is 18.4 Å². The summed E-state index contributed by atoms with van der Waals surface area (Å²) in [4.78, 5) is 28.5. The van der Waals surface area contributed by atoms with E-state index in [-0.39, 0.29) is 29.2 Å². The molecule has 0 atom stereocenters. The Morgan fingerprint density at radius 1 is 0.921 bits per heavy atom. The van der Waals surface area contributed by atoms with Crippen molar-refractivity contribution in [2.24, 2.45) is 0 Å². The smallest absolute Gasteiger partial charge is 0.254 e. The number of nitrogens with one attached hydrogen (secondary N) is 1. The predicted octanol–water partition coefficient (Wildman–Crippen LogP) is 7.05. The summed E-state index contributed by atoms with van der Waals surface area (Å²) in [5.74, 6) is 0.237. The van der Waals surface area contributed by atoms with E-state index in [9.17, 15) is 9.59 Å². The predicted molar refractivity (Wildman–Crippen MR) is 156 cm³/mol. The second-order valence-corrected chi connectivity index (χ2v) is 12.2. The summed E-state index contributed by atoms with van der Waals surface area (Å²) < 4.78 is 1.79. The van der Waals surface area contributed by atoms with E-state index in [1.54, 1.807) is 9.58 Å². The Morgan fingerprint density at radius 3 is 2.16 bits per heavy atom. The summed E-state index contributed by atoms with van der Waals surface area (Å²) in [6.07, 6.45) is 2.90. The number of anilines is 1. The third-order valence-corrected chi connectivity index (χ3v) is 6.74. The van der Waals surface area contributed by atoms with E-state index < -0.39 is 0 Å². The van der Waals surface area contributed by atoms with Crippen molar-refractivity contribution in [3.05, 3.63) is 77.0 Å². The molecule has 0 radical (unpaired) electrons. The summed E-state index contributed by atoms with van der Waals surface area (Å²) in [7, 11) is 0. The Kier molecular flexibility index (Phi) is 9.18. The lowest BCUT2D eigenvalue weighted by Crippen LogP contribution is -2.39. The van der Waals surface area contributed by atoms with Crippen LogP contribution in [0, 0.1) is 6.92 Å². The lowest BCUT2D eigenvalue weighted by atomic mass is 9.86. The molecule has 0 spiro atoms. The van der Waals surface area contributed by atoms with Crippen molar-refractivity contribution in [3.8, 4) is 5.69 Å². The van der Waals surface area contributed by atoms with Crippen LogP contribution in [-0.2, 0) is 15.6 Å². The largest absolute Gasteiger partial charge is 0.329 e. The van der Waals surface area contributed by atoms with Crippen LogP contribution in [-0.4, -0.2) is 39.6 Å². The minimum Gasteiger partial charge on any atom is -0.329 e. The van der Waals surface area contributed by atoms with Gasteiger partial charge in [0.15, 0.2) is 0 Å². The van der Waals surface area contributed by atoms with Crippen LogP contribution in [0.4, 0.5) is 5.82 Å². The molecular formula is C32H44N4O2. The first-order valence-electron chi connectivity index (χ1n) is 13.7. The SMILES string of the molecule is CCCCCN(CC(=O)Nc1cc(C(C)(C)C)nn1-c1ccccc1C)C(=O)c1ccc(C(C)(C)C)cc1. The topological polar surface area (TPSA) is 67.2 Å². The monoisotopic (exact) mass is 516 g/mol. The normalized spacial score (nSPS) is 11.9. The molecule has 3 rings (SSSR count). The third-order valence-electron chi connectivity index (χ3n) is 6.74. The highest BCUT2D eigenvalue weighted by atomic mass is 16.2. The number of hydrogen-bond acceptors (Lipinski definition) is 3. The van der Waals surface area contributed by atoms with Gasteiger partial charge in [-0.25, -0.2) is 4.68 Å². The number of carbonyl (C=O) groups is 2. The molecule has 1 N–H and O–H groups in total. The third kappa shape index (κ3) is 7.33. The molecule has 0 bridgehead atoms.